The molecule has 0 aliphatic heterocycles. The van der Waals surface area contributed by atoms with E-state index in [1.807, 2.05) is 13.8 Å². The summed E-state index contributed by atoms with van der Waals surface area (Å²) in [6.45, 7) is 4.99. The average Bonchev–Trinajstić information content (AvgIpc) is 2.32. The van der Waals surface area contributed by atoms with Crippen molar-refractivity contribution >= 4 is 21.7 Å². The first-order chi connectivity index (χ1) is 9.75. The molecule has 128 valence electrons. The van der Waals surface area contributed by atoms with E-state index in [-0.39, 0.29) is 0 Å². The minimum absolute atomic E-state index is 0.407. The summed E-state index contributed by atoms with van der Waals surface area (Å²) in [5.41, 5.74) is -7.95. The Morgan fingerprint density at radius 3 is 1.95 bits per heavy atom. The van der Waals surface area contributed by atoms with Crippen molar-refractivity contribution in [3.05, 3.63) is 22.3 Å². The van der Waals surface area contributed by atoms with Crippen LogP contribution in [0.2, 0.25) is 5.02 Å². The van der Waals surface area contributed by atoms with E-state index in [9.17, 15) is 34.8 Å². The fourth-order valence-corrected chi connectivity index (χ4v) is 1.78. The molecule has 1 aromatic rings. The normalized spacial score (nSPS) is 12.5. The van der Waals surface area contributed by atoms with Crippen molar-refractivity contribution < 1.29 is 38.9 Å². The molecule has 0 bridgehead atoms. The molecule has 0 atom stereocenters. The summed E-state index contributed by atoms with van der Waals surface area (Å²) in [5, 5.41) is -0.897. The van der Waals surface area contributed by atoms with Crippen LogP contribution in [-0.4, -0.2) is 18.9 Å². The largest absolute Gasteiger partial charge is 0.534 e. The van der Waals surface area contributed by atoms with Crippen molar-refractivity contribution in [2.24, 2.45) is 0 Å². The maximum absolute atomic E-state index is 12.5. The molecule has 22 heavy (non-hydrogen) atoms. The second kappa shape index (κ2) is 6.90. The minimum atomic E-state index is -6.12. The number of alkyl halides is 6. The van der Waals surface area contributed by atoms with E-state index in [2.05, 4.69) is 9.17 Å². The number of aryl methyl sites for hydroxylation is 1. The molecule has 0 aliphatic rings. The summed E-state index contributed by atoms with van der Waals surface area (Å²) in [6, 6.07) is 0.596. The highest BCUT2D eigenvalue weighted by molar-refractivity contribution is 7.87. The predicted molar refractivity (Wildman–Crippen MR) is 65.9 cm³/mol. The molecule has 0 saturated heterocycles. The van der Waals surface area contributed by atoms with Gasteiger partial charge in [-0.2, -0.15) is 34.8 Å². The summed E-state index contributed by atoms with van der Waals surface area (Å²) in [7, 11) is -6.12. The Labute approximate surface area is 127 Å². The van der Waals surface area contributed by atoms with Gasteiger partial charge in [0.2, 0.25) is 5.88 Å². The van der Waals surface area contributed by atoms with Gasteiger partial charge >= 0.3 is 21.8 Å². The fourth-order valence-electron chi connectivity index (χ4n) is 0.998. The Morgan fingerprint density at radius 2 is 1.59 bits per heavy atom. The first kappa shape index (κ1) is 20.8. The van der Waals surface area contributed by atoms with Gasteiger partial charge in [0.15, 0.2) is 5.69 Å². The first-order valence-electron chi connectivity index (χ1n) is 5.51. The molecular formula is C10H10ClF6NO3S. The third kappa shape index (κ3) is 4.90. The van der Waals surface area contributed by atoms with Crippen LogP contribution in [0.3, 0.4) is 0 Å². The van der Waals surface area contributed by atoms with Crippen LogP contribution in [0.25, 0.3) is 0 Å². The van der Waals surface area contributed by atoms with Crippen molar-refractivity contribution in [1.29, 1.82) is 0 Å². The van der Waals surface area contributed by atoms with Gasteiger partial charge in [-0.15, -0.1) is 0 Å². The van der Waals surface area contributed by atoms with Gasteiger partial charge in [0.05, 0.1) is 5.02 Å². The molecule has 12 heteroatoms. The number of nitrogens with zero attached hydrogens (tertiary/aromatic N) is 1. The first-order valence-corrected chi connectivity index (χ1v) is 7.29. The van der Waals surface area contributed by atoms with Gasteiger partial charge in [-0.05, 0) is 13.0 Å². The van der Waals surface area contributed by atoms with Gasteiger partial charge < -0.3 is 4.18 Å². The smallest absolute Gasteiger partial charge is 0.355 e. The SMILES string of the molecule is CC.Cc1cc(Cl)c(C(F)(F)F)nc1OS(=O)(=O)C(F)(F)F. The molecule has 0 aromatic carbocycles. The summed E-state index contributed by atoms with van der Waals surface area (Å²) in [6.07, 6.45) is -5.08. The van der Waals surface area contributed by atoms with E-state index in [4.69, 9.17) is 11.6 Å². The number of rotatable bonds is 2. The van der Waals surface area contributed by atoms with Gasteiger partial charge in [0.25, 0.3) is 0 Å². The molecule has 0 aliphatic carbocycles. The van der Waals surface area contributed by atoms with Crippen LogP contribution in [0, 0.1) is 6.92 Å². The summed E-state index contributed by atoms with van der Waals surface area (Å²) in [5.74, 6) is -1.35. The third-order valence-corrected chi connectivity index (χ3v) is 3.09. The Bertz CT molecular complexity index is 627. The lowest BCUT2D eigenvalue weighted by Gasteiger charge is -2.13. The van der Waals surface area contributed by atoms with Crippen LogP contribution in [0.15, 0.2) is 6.07 Å². The average molecular weight is 374 g/mol. The number of halogens is 7. The van der Waals surface area contributed by atoms with Crippen molar-refractivity contribution in [3.8, 4) is 5.88 Å². The van der Waals surface area contributed by atoms with Crippen molar-refractivity contribution in [3.63, 3.8) is 0 Å². The molecule has 4 nitrogen and oxygen atoms in total. The molecule has 0 N–H and O–H groups in total. The van der Waals surface area contributed by atoms with Crippen LogP contribution < -0.4 is 4.18 Å². The van der Waals surface area contributed by atoms with Crippen LogP contribution in [0.4, 0.5) is 26.3 Å². The number of aromatic nitrogens is 1. The van der Waals surface area contributed by atoms with Gasteiger partial charge in [0, 0.05) is 5.56 Å². The highest BCUT2D eigenvalue weighted by Gasteiger charge is 2.49. The molecule has 0 amide bonds. The highest BCUT2D eigenvalue weighted by Crippen LogP contribution is 2.36. The molecule has 0 radical (unpaired) electrons. The second-order valence-corrected chi connectivity index (χ2v) is 5.37. The van der Waals surface area contributed by atoms with Crippen LogP contribution in [-0.2, 0) is 16.3 Å². The fraction of sp³-hybridized carbons (Fsp3) is 0.500. The lowest BCUT2D eigenvalue weighted by atomic mass is 10.2. The maximum atomic E-state index is 12.5. The second-order valence-electron chi connectivity index (χ2n) is 3.42. The van der Waals surface area contributed by atoms with Crippen LogP contribution in [0.5, 0.6) is 5.88 Å². The van der Waals surface area contributed by atoms with Crippen molar-refractivity contribution in [2.75, 3.05) is 0 Å². The minimum Gasteiger partial charge on any atom is -0.355 e. The van der Waals surface area contributed by atoms with E-state index in [1.165, 1.54) is 0 Å². The van der Waals surface area contributed by atoms with Crippen molar-refractivity contribution in [1.82, 2.24) is 4.98 Å². The lowest BCUT2D eigenvalue weighted by Crippen LogP contribution is -2.29. The zero-order valence-corrected chi connectivity index (χ0v) is 12.9. The third-order valence-electron chi connectivity index (χ3n) is 1.86. The van der Waals surface area contributed by atoms with Gasteiger partial charge in [0.1, 0.15) is 0 Å². The number of hydrogen-bond donors (Lipinski definition) is 0. The Hall–Kier alpha value is -1.23. The maximum Gasteiger partial charge on any atom is 0.534 e. The molecule has 0 saturated carbocycles. The van der Waals surface area contributed by atoms with E-state index in [0.29, 0.717) is 6.07 Å². The van der Waals surface area contributed by atoms with E-state index in [1.54, 1.807) is 0 Å². The van der Waals surface area contributed by atoms with Gasteiger partial charge in [-0.1, -0.05) is 25.4 Å². The quantitative estimate of drug-likeness (QED) is 0.440. The van der Waals surface area contributed by atoms with Gasteiger partial charge in [-0.3, -0.25) is 0 Å². The van der Waals surface area contributed by atoms with E-state index < -0.39 is 44.0 Å². The summed E-state index contributed by atoms with van der Waals surface area (Å²) >= 11 is 5.24. The monoisotopic (exact) mass is 373 g/mol. The van der Waals surface area contributed by atoms with E-state index >= 15 is 0 Å². The highest BCUT2D eigenvalue weighted by atomic mass is 35.5. The Kier molecular flexibility index (Phi) is 6.52. The molecule has 1 aromatic heterocycles. The topological polar surface area (TPSA) is 56.3 Å². The standard InChI is InChI=1S/C8H4ClF6NO3S.C2H6/c1-3-2-4(9)5(7(10,11)12)16-6(3)19-20(17,18)8(13,14)15;1-2/h2H,1H3;1-2H3. The number of hydrogen-bond acceptors (Lipinski definition) is 4. The predicted octanol–water partition coefficient (Wildman–Crippen LogP) is 4.32. The zero-order valence-electron chi connectivity index (χ0n) is 11.3. The zero-order chi connectivity index (χ0) is 17.9. The summed E-state index contributed by atoms with van der Waals surface area (Å²) < 4.78 is 98.6. The summed E-state index contributed by atoms with van der Waals surface area (Å²) in [4.78, 5) is 2.68. The lowest BCUT2D eigenvalue weighted by molar-refractivity contribution is -0.141. The molecule has 0 fully saturated rings. The van der Waals surface area contributed by atoms with Gasteiger partial charge in [-0.25, -0.2) is 4.98 Å². The molecular weight excluding hydrogens is 364 g/mol. The van der Waals surface area contributed by atoms with E-state index in [0.717, 1.165) is 6.92 Å². The van der Waals surface area contributed by atoms with Crippen LogP contribution >= 0.6 is 11.6 Å². The van der Waals surface area contributed by atoms with Crippen molar-refractivity contribution in [2.45, 2.75) is 32.5 Å². The Balaban J connectivity index is 0.00000211. The Morgan fingerprint density at radius 1 is 1.14 bits per heavy atom. The van der Waals surface area contributed by atoms with Crippen LogP contribution in [0.1, 0.15) is 25.1 Å². The molecule has 1 rings (SSSR count). The molecule has 1 heterocycles. The molecule has 0 spiro atoms. The number of pyridine rings is 1. The molecule has 0 unspecified atom stereocenters.